The van der Waals surface area contributed by atoms with Crippen LogP contribution in [-0.4, -0.2) is 9.91 Å². The second-order valence-electron chi connectivity index (χ2n) is 3.21. The molecular weight excluding hydrogens is 226 g/mol. The van der Waals surface area contributed by atoms with Gasteiger partial charge in [-0.05, 0) is 30.0 Å². The molecule has 0 unspecified atom stereocenters. The van der Waals surface area contributed by atoms with Gasteiger partial charge in [-0.15, -0.1) is 11.3 Å². The number of nitrogens with zero attached hydrogens (tertiary/aromatic N) is 3. The van der Waals surface area contributed by atoms with E-state index in [2.05, 4.69) is 10.3 Å². The van der Waals surface area contributed by atoms with Crippen molar-refractivity contribution in [2.75, 3.05) is 0 Å². The van der Waals surface area contributed by atoms with Gasteiger partial charge in [0.05, 0.1) is 4.92 Å². The Kier molecular flexibility index (Phi) is 2.82. The standard InChI is InChI=1S/C10H8N3O2S/c1-7-4-10(16-6-7)12-9-3-2-8(5-11-9)13(14)15/h2-6H,1H3. The molecular formula is C10H8N3O2S. The lowest BCUT2D eigenvalue weighted by atomic mass is 10.4. The van der Waals surface area contributed by atoms with Crippen molar-refractivity contribution in [2.24, 2.45) is 0 Å². The molecule has 5 nitrogen and oxygen atoms in total. The summed E-state index contributed by atoms with van der Waals surface area (Å²) in [6.45, 7) is 1.98. The van der Waals surface area contributed by atoms with E-state index < -0.39 is 4.92 Å². The Hall–Kier alpha value is -1.95. The first kappa shape index (κ1) is 10.6. The maximum Gasteiger partial charge on any atom is 0.287 e. The molecule has 81 valence electrons. The fraction of sp³-hybridized carbons (Fsp3) is 0.100. The fourth-order valence-corrected chi connectivity index (χ4v) is 1.91. The minimum atomic E-state index is -0.480. The normalized spacial score (nSPS) is 10.1. The van der Waals surface area contributed by atoms with Crippen LogP contribution in [-0.2, 0) is 0 Å². The van der Waals surface area contributed by atoms with E-state index in [9.17, 15) is 10.1 Å². The third kappa shape index (κ3) is 2.34. The Morgan fingerprint density at radius 2 is 2.31 bits per heavy atom. The summed E-state index contributed by atoms with van der Waals surface area (Å²) in [5.74, 6) is 0.479. The minimum absolute atomic E-state index is 0.0266. The van der Waals surface area contributed by atoms with E-state index >= 15 is 0 Å². The summed E-state index contributed by atoms with van der Waals surface area (Å²) in [6.07, 6.45) is 1.21. The molecule has 0 bridgehead atoms. The van der Waals surface area contributed by atoms with Gasteiger partial charge in [0.2, 0.25) is 0 Å². The molecule has 2 aromatic rings. The molecule has 0 aliphatic carbocycles. The number of rotatable bonds is 3. The van der Waals surface area contributed by atoms with Gasteiger partial charge in [0.25, 0.3) is 5.69 Å². The zero-order valence-corrected chi connectivity index (χ0v) is 9.27. The average Bonchev–Trinajstić information content (AvgIpc) is 2.65. The molecule has 0 saturated carbocycles. The lowest BCUT2D eigenvalue weighted by molar-refractivity contribution is -0.385. The summed E-state index contributed by atoms with van der Waals surface area (Å²) in [6, 6.07) is 4.87. The molecule has 2 heterocycles. The molecule has 0 aliphatic rings. The lowest BCUT2D eigenvalue weighted by Gasteiger charge is -1.97. The first-order valence-electron chi connectivity index (χ1n) is 4.52. The zero-order valence-electron chi connectivity index (χ0n) is 8.45. The average molecular weight is 234 g/mol. The summed E-state index contributed by atoms with van der Waals surface area (Å²) in [4.78, 5) is 13.8. The number of aryl methyl sites for hydroxylation is 1. The van der Waals surface area contributed by atoms with Crippen LogP contribution in [0.2, 0.25) is 0 Å². The van der Waals surface area contributed by atoms with E-state index in [-0.39, 0.29) is 5.69 Å². The summed E-state index contributed by atoms with van der Waals surface area (Å²) in [5, 5.41) is 17.5. The molecule has 2 rings (SSSR count). The summed E-state index contributed by atoms with van der Waals surface area (Å²) < 4.78 is 0. The van der Waals surface area contributed by atoms with Crippen LogP contribution in [0.5, 0.6) is 0 Å². The Labute approximate surface area is 95.9 Å². The number of hydrogen-bond acceptors (Lipinski definition) is 4. The van der Waals surface area contributed by atoms with Crippen LogP contribution in [0.3, 0.4) is 0 Å². The van der Waals surface area contributed by atoms with Crippen LogP contribution in [0.25, 0.3) is 0 Å². The van der Waals surface area contributed by atoms with Crippen LogP contribution in [0.4, 0.5) is 16.5 Å². The SMILES string of the molecule is Cc1csc([N]c2ccc([N+](=O)[O-])cn2)c1. The number of hydrogen-bond donors (Lipinski definition) is 0. The smallest absolute Gasteiger partial charge is 0.258 e. The van der Waals surface area contributed by atoms with Crippen LogP contribution >= 0.6 is 11.3 Å². The van der Waals surface area contributed by atoms with Gasteiger partial charge in [-0.3, -0.25) is 10.1 Å². The molecule has 0 atom stereocenters. The molecule has 2 aromatic heterocycles. The molecule has 6 heteroatoms. The maximum atomic E-state index is 10.4. The van der Waals surface area contributed by atoms with Crippen LogP contribution in [0.1, 0.15) is 5.56 Å². The number of thiophene rings is 1. The van der Waals surface area contributed by atoms with Crippen molar-refractivity contribution in [1.29, 1.82) is 0 Å². The van der Waals surface area contributed by atoms with Crippen LogP contribution in [0, 0.1) is 17.0 Å². The topological polar surface area (TPSA) is 70.1 Å². The van der Waals surface area contributed by atoms with E-state index in [1.54, 1.807) is 0 Å². The van der Waals surface area contributed by atoms with Crippen molar-refractivity contribution < 1.29 is 4.92 Å². The summed E-state index contributed by atoms with van der Waals surface area (Å²) in [5.41, 5.74) is 1.12. The van der Waals surface area contributed by atoms with Gasteiger partial charge < -0.3 is 0 Å². The second kappa shape index (κ2) is 4.28. The molecule has 0 aliphatic heterocycles. The Morgan fingerprint density at radius 3 is 2.81 bits per heavy atom. The minimum Gasteiger partial charge on any atom is -0.258 e. The highest BCUT2D eigenvalue weighted by molar-refractivity contribution is 7.13. The van der Waals surface area contributed by atoms with Gasteiger partial charge in [-0.25, -0.2) is 10.3 Å². The number of aromatic nitrogens is 1. The molecule has 0 N–H and O–H groups in total. The van der Waals surface area contributed by atoms with E-state index in [0.29, 0.717) is 5.82 Å². The second-order valence-corrected chi connectivity index (χ2v) is 4.10. The summed E-state index contributed by atoms with van der Waals surface area (Å²) >= 11 is 1.51. The predicted octanol–water partition coefficient (Wildman–Crippen LogP) is 2.93. The molecule has 0 fully saturated rings. The van der Waals surface area contributed by atoms with Crippen molar-refractivity contribution >= 4 is 27.8 Å². The van der Waals surface area contributed by atoms with E-state index in [4.69, 9.17) is 0 Å². The summed E-state index contributed by atoms with van der Waals surface area (Å²) in [7, 11) is 0. The largest absolute Gasteiger partial charge is 0.287 e. The molecule has 0 aromatic carbocycles. The number of nitro groups is 1. The third-order valence-corrected chi connectivity index (χ3v) is 2.82. The van der Waals surface area contributed by atoms with E-state index in [1.165, 1.54) is 29.7 Å². The van der Waals surface area contributed by atoms with Gasteiger partial charge in [-0.2, -0.15) is 0 Å². The molecule has 16 heavy (non-hydrogen) atoms. The van der Waals surface area contributed by atoms with Crippen molar-refractivity contribution in [3.8, 4) is 0 Å². The van der Waals surface area contributed by atoms with Gasteiger partial charge in [0.1, 0.15) is 11.2 Å². The van der Waals surface area contributed by atoms with Gasteiger partial charge in [0.15, 0.2) is 5.82 Å². The highest BCUT2D eigenvalue weighted by Gasteiger charge is 2.06. The number of pyridine rings is 1. The molecule has 0 saturated heterocycles. The Morgan fingerprint density at radius 1 is 1.50 bits per heavy atom. The van der Waals surface area contributed by atoms with Crippen molar-refractivity contribution in [3.63, 3.8) is 0 Å². The molecule has 1 radical (unpaired) electrons. The molecule has 0 spiro atoms. The molecule has 0 amide bonds. The van der Waals surface area contributed by atoms with E-state index in [0.717, 1.165) is 10.6 Å². The van der Waals surface area contributed by atoms with Gasteiger partial charge >= 0.3 is 0 Å². The third-order valence-electron chi connectivity index (χ3n) is 1.88. The monoisotopic (exact) mass is 234 g/mol. The van der Waals surface area contributed by atoms with Crippen molar-refractivity contribution in [2.45, 2.75) is 6.92 Å². The maximum absolute atomic E-state index is 10.4. The first-order chi connectivity index (χ1) is 7.65. The zero-order chi connectivity index (χ0) is 11.5. The van der Waals surface area contributed by atoms with E-state index in [1.807, 2.05) is 18.4 Å². The Bertz CT molecular complexity index is 507. The van der Waals surface area contributed by atoms with Gasteiger partial charge in [0, 0.05) is 6.07 Å². The van der Waals surface area contributed by atoms with Crippen LogP contribution < -0.4 is 5.32 Å². The fourth-order valence-electron chi connectivity index (χ4n) is 1.14. The quantitative estimate of drug-likeness (QED) is 0.605. The van der Waals surface area contributed by atoms with Gasteiger partial charge in [-0.1, -0.05) is 0 Å². The first-order valence-corrected chi connectivity index (χ1v) is 5.40. The predicted molar refractivity (Wildman–Crippen MR) is 61.4 cm³/mol. The Balaban J connectivity index is 2.14. The lowest BCUT2D eigenvalue weighted by Crippen LogP contribution is -1.92. The highest BCUT2D eigenvalue weighted by atomic mass is 32.1. The van der Waals surface area contributed by atoms with Crippen molar-refractivity contribution in [3.05, 3.63) is 45.5 Å². The highest BCUT2D eigenvalue weighted by Crippen LogP contribution is 2.24. The van der Waals surface area contributed by atoms with Crippen molar-refractivity contribution in [1.82, 2.24) is 10.3 Å². The van der Waals surface area contributed by atoms with Crippen LogP contribution in [0.15, 0.2) is 29.8 Å².